The first-order chi connectivity index (χ1) is 8.19. The molecule has 0 bridgehead atoms. The van der Waals surface area contributed by atoms with Crippen molar-refractivity contribution in [2.24, 2.45) is 5.73 Å². The molecule has 0 saturated heterocycles. The average molecular weight is 235 g/mol. The lowest BCUT2D eigenvalue weighted by atomic mass is 9.86. The second-order valence-corrected chi connectivity index (χ2v) is 4.82. The van der Waals surface area contributed by atoms with Crippen LogP contribution in [-0.2, 0) is 16.9 Å². The SMILES string of the molecule is COCc1cc(OC)ccc1C1(N)CCCC1. The van der Waals surface area contributed by atoms with E-state index < -0.39 is 0 Å². The fourth-order valence-corrected chi connectivity index (χ4v) is 2.73. The highest BCUT2D eigenvalue weighted by molar-refractivity contribution is 5.40. The molecule has 0 atom stereocenters. The number of methoxy groups -OCH3 is 2. The summed E-state index contributed by atoms with van der Waals surface area (Å²) in [5.41, 5.74) is 8.71. The molecule has 94 valence electrons. The van der Waals surface area contributed by atoms with Gasteiger partial charge in [0, 0.05) is 12.6 Å². The molecular weight excluding hydrogens is 214 g/mol. The maximum atomic E-state index is 6.51. The molecule has 0 heterocycles. The molecule has 0 amide bonds. The Labute approximate surface area is 103 Å². The zero-order chi connectivity index (χ0) is 12.3. The summed E-state index contributed by atoms with van der Waals surface area (Å²) in [4.78, 5) is 0. The summed E-state index contributed by atoms with van der Waals surface area (Å²) in [6.07, 6.45) is 4.57. The quantitative estimate of drug-likeness (QED) is 0.872. The van der Waals surface area contributed by atoms with Crippen LogP contribution in [0.5, 0.6) is 5.75 Å². The number of rotatable bonds is 4. The van der Waals surface area contributed by atoms with Crippen molar-refractivity contribution in [2.45, 2.75) is 37.8 Å². The van der Waals surface area contributed by atoms with Crippen molar-refractivity contribution in [3.05, 3.63) is 29.3 Å². The van der Waals surface area contributed by atoms with E-state index in [0.717, 1.165) is 24.2 Å². The molecule has 1 aliphatic rings. The minimum atomic E-state index is -0.167. The van der Waals surface area contributed by atoms with Crippen molar-refractivity contribution in [3.63, 3.8) is 0 Å². The van der Waals surface area contributed by atoms with Gasteiger partial charge in [0.2, 0.25) is 0 Å². The molecule has 0 aromatic heterocycles. The fourth-order valence-electron chi connectivity index (χ4n) is 2.73. The molecule has 2 rings (SSSR count). The normalized spacial score (nSPS) is 18.3. The molecule has 1 aromatic carbocycles. The van der Waals surface area contributed by atoms with Crippen LogP contribution >= 0.6 is 0 Å². The second-order valence-electron chi connectivity index (χ2n) is 4.82. The van der Waals surface area contributed by atoms with Crippen LogP contribution in [0, 0.1) is 0 Å². The summed E-state index contributed by atoms with van der Waals surface area (Å²) in [6.45, 7) is 0.589. The van der Waals surface area contributed by atoms with Crippen LogP contribution in [0.15, 0.2) is 18.2 Å². The molecule has 0 aliphatic heterocycles. The van der Waals surface area contributed by atoms with Gasteiger partial charge in [0.05, 0.1) is 13.7 Å². The summed E-state index contributed by atoms with van der Waals surface area (Å²) >= 11 is 0. The van der Waals surface area contributed by atoms with Gasteiger partial charge in [0.1, 0.15) is 5.75 Å². The summed E-state index contributed by atoms with van der Waals surface area (Å²) < 4.78 is 10.5. The summed E-state index contributed by atoms with van der Waals surface area (Å²) in [5, 5.41) is 0. The van der Waals surface area contributed by atoms with E-state index in [0.29, 0.717) is 6.61 Å². The Morgan fingerprint density at radius 1 is 1.24 bits per heavy atom. The molecule has 1 aliphatic carbocycles. The highest BCUT2D eigenvalue weighted by Crippen LogP contribution is 2.39. The van der Waals surface area contributed by atoms with Crippen LogP contribution in [0.1, 0.15) is 36.8 Å². The van der Waals surface area contributed by atoms with Crippen molar-refractivity contribution >= 4 is 0 Å². The van der Waals surface area contributed by atoms with Gasteiger partial charge in [0.25, 0.3) is 0 Å². The highest BCUT2D eigenvalue weighted by atomic mass is 16.5. The smallest absolute Gasteiger partial charge is 0.119 e. The topological polar surface area (TPSA) is 44.5 Å². The minimum Gasteiger partial charge on any atom is -0.497 e. The van der Waals surface area contributed by atoms with E-state index in [1.54, 1.807) is 14.2 Å². The van der Waals surface area contributed by atoms with Crippen molar-refractivity contribution in [2.75, 3.05) is 14.2 Å². The molecule has 1 saturated carbocycles. The molecule has 3 heteroatoms. The van der Waals surface area contributed by atoms with E-state index in [1.807, 2.05) is 12.1 Å². The van der Waals surface area contributed by atoms with Crippen LogP contribution in [0.25, 0.3) is 0 Å². The van der Waals surface area contributed by atoms with E-state index in [-0.39, 0.29) is 5.54 Å². The van der Waals surface area contributed by atoms with E-state index >= 15 is 0 Å². The zero-order valence-electron chi connectivity index (χ0n) is 10.7. The van der Waals surface area contributed by atoms with E-state index in [1.165, 1.54) is 18.4 Å². The Kier molecular flexibility index (Phi) is 3.69. The molecule has 17 heavy (non-hydrogen) atoms. The van der Waals surface area contributed by atoms with Gasteiger partial charge in [-0.2, -0.15) is 0 Å². The molecule has 1 aromatic rings. The average Bonchev–Trinajstić information content (AvgIpc) is 2.77. The molecule has 0 unspecified atom stereocenters. The predicted octanol–water partition coefficient (Wildman–Crippen LogP) is 2.57. The Morgan fingerprint density at radius 2 is 1.94 bits per heavy atom. The van der Waals surface area contributed by atoms with Gasteiger partial charge in [-0.05, 0) is 36.1 Å². The van der Waals surface area contributed by atoms with E-state index in [2.05, 4.69) is 6.07 Å². The van der Waals surface area contributed by atoms with Gasteiger partial charge in [-0.3, -0.25) is 0 Å². The van der Waals surface area contributed by atoms with Gasteiger partial charge < -0.3 is 15.2 Å². The van der Waals surface area contributed by atoms with Gasteiger partial charge in [0.15, 0.2) is 0 Å². The first kappa shape index (κ1) is 12.4. The third-order valence-corrected chi connectivity index (χ3v) is 3.64. The van der Waals surface area contributed by atoms with Crippen molar-refractivity contribution in [1.82, 2.24) is 0 Å². The van der Waals surface area contributed by atoms with Gasteiger partial charge in [-0.15, -0.1) is 0 Å². The standard InChI is InChI=1S/C14H21NO2/c1-16-10-11-9-12(17-2)5-6-13(11)14(15)7-3-4-8-14/h5-6,9H,3-4,7-8,10,15H2,1-2H3. The summed E-state index contributed by atoms with van der Waals surface area (Å²) in [6, 6.07) is 6.12. The number of hydrogen-bond acceptors (Lipinski definition) is 3. The maximum Gasteiger partial charge on any atom is 0.119 e. The van der Waals surface area contributed by atoms with E-state index in [4.69, 9.17) is 15.2 Å². The Hall–Kier alpha value is -1.06. The van der Waals surface area contributed by atoms with Gasteiger partial charge in [-0.1, -0.05) is 18.9 Å². The molecule has 0 spiro atoms. The van der Waals surface area contributed by atoms with Crippen LogP contribution in [0.2, 0.25) is 0 Å². The monoisotopic (exact) mass is 235 g/mol. The lowest BCUT2D eigenvalue weighted by Gasteiger charge is -2.27. The highest BCUT2D eigenvalue weighted by Gasteiger charge is 2.33. The van der Waals surface area contributed by atoms with Crippen LogP contribution in [0.3, 0.4) is 0 Å². The number of hydrogen-bond donors (Lipinski definition) is 1. The largest absolute Gasteiger partial charge is 0.497 e. The summed E-state index contributed by atoms with van der Waals surface area (Å²) in [7, 11) is 3.39. The second kappa shape index (κ2) is 5.07. The van der Waals surface area contributed by atoms with Crippen LogP contribution in [0.4, 0.5) is 0 Å². The van der Waals surface area contributed by atoms with Gasteiger partial charge in [-0.25, -0.2) is 0 Å². The Balaban J connectivity index is 2.37. The predicted molar refractivity (Wildman–Crippen MR) is 68.0 cm³/mol. The first-order valence-corrected chi connectivity index (χ1v) is 6.15. The lowest BCUT2D eigenvalue weighted by Crippen LogP contribution is -2.34. The first-order valence-electron chi connectivity index (χ1n) is 6.15. The molecule has 2 N–H and O–H groups in total. The third kappa shape index (κ3) is 2.45. The molecule has 3 nitrogen and oxygen atoms in total. The minimum absolute atomic E-state index is 0.167. The lowest BCUT2D eigenvalue weighted by molar-refractivity contribution is 0.182. The molecule has 1 fully saturated rings. The molecular formula is C14H21NO2. The van der Waals surface area contributed by atoms with Crippen LogP contribution < -0.4 is 10.5 Å². The van der Waals surface area contributed by atoms with Crippen molar-refractivity contribution in [3.8, 4) is 5.75 Å². The molecule has 0 radical (unpaired) electrons. The Bertz CT molecular complexity index is 384. The number of nitrogens with two attached hydrogens (primary N) is 1. The van der Waals surface area contributed by atoms with Crippen molar-refractivity contribution < 1.29 is 9.47 Å². The fraction of sp³-hybridized carbons (Fsp3) is 0.571. The maximum absolute atomic E-state index is 6.51. The summed E-state index contributed by atoms with van der Waals surface area (Å²) in [5.74, 6) is 0.863. The third-order valence-electron chi connectivity index (χ3n) is 3.64. The van der Waals surface area contributed by atoms with Gasteiger partial charge >= 0.3 is 0 Å². The number of ether oxygens (including phenoxy) is 2. The van der Waals surface area contributed by atoms with E-state index in [9.17, 15) is 0 Å². The Morgan fingerprint density at radius 3 is 2.53 bits per heavy atom. The van der Waals surface area contributed by atoms with Crippen LogP contribution in [-0.4, -0.2) is 14.2 Å². The van der Waals surface area contributed by atoms with Crippen molar-refractivity contribution in [1.29, 1.82) is 0 Å². The number of benzene rings is 1. The zero-order valence-corrected chi connectivity index (χ0v) is 10.7.